The highest BCUT2D eigenvalue weighted by molar-refractivity contribution is 7.89. The zero-order chi connectivity index (χ0) is 22.0. The summed E-state index contributed by atoms with van der Waals surface area (Å²) >= 11 is 0. The Balaban J connectivity index is 1.76. The summed E-state index contributed by atoms with van der Waals surface area (Å²) in [5.74, 6) is 0.665. The van der Waals surface area contributed by atoms with Crippen molar-refractivity contribution in [3.63, 3.8) is 0 Å². The van der Waals surface area contributed by atoms with Crippen molar-refractivity contribution in [2.24, 2.45) is 0 Å². The summed E-state index contributed by atoms with van der Waals surface area (Å²) in [5, 5.41) is 0. The lowest BCUT2D eigenvalue weighted by Crippen LogP contribution is -2.50. The molecular formula is C22H27N3O5S. The third kappa shape index (κ3) is 4.13. The van der Waals surface area contributed by atoms with Crippen molar-refractivity contribution >= 4 is 16.1 Å². The molecule has 4 rings (SSSR count). The van der Waals surface area contributed by atoms with Crippen LogP contribution in [0.25, 0.3) is 0 Å². The molecule has 166 valence electrons. The highest BCUT2D eigenvalue weighted by atomic mass is 32.2. The van der Waals surface area contributed by atoms with Gasteiger partial charge < -0.3 is 14.4 Å². The van der Waals surface area contributed by atoms with E-state index >= 15 is 0 Å². The predicted octanol–water partition coefficient (Wildman–Crippen LogP) is 2.54. The second-order valence-electron chi connectivity index (χ2n) is 7.67. The number of ether oxygens (including phenoxy) is 2. The standard InChI is InChI=1S/C22H27N3O5S/c1-17-16-24(31(27,28)20-6-4-3-5-7-20)21(18-8-10-19(29-2)11-9-18)25(17)22(26)23-12-14-30-15-13-23/h3-11,17,21H,12-16H2,1-2H3. The smallest absolute Gasteiger partial charge is 0.322 e. The summed E-state index contributed by atoms with van der Waals surface area (Å²) in [6.07, 6.45) is -0.749. The molecule has 0 aliphatic carbocycles. The number of nitrogens with zero attached hydrogens (tertiary/aromatic N) is 3. The van der Waals surface area contributed by atoms with Crippen molar-refractivity contribution in [3.05, 3.63) is 60.2 Å². The average Bonchev–Trinajstić information content (AvgIpc) is 3.17. The topological polar surface area (TPSA) is 79.4 Å². The van der Waals surface area contributed by atoms with Gasteiger partial charge in [0.2, 0.25) is 10.0 Å². The van der Waals surface area contributed by atoms with E-state index in [1.54, 1.807) is 59.4 Å². The van der Waals surface area contributed by atoms with Crippen LogP contribution in [0.1, 0.15) is 18.7 Å². The zero-order valence-corrected chi connectivity index (χ0v) is 18.5. The van der Waals surface area contributed by atoms with Gasteiger partial charge in [0.25, 0.3) is 0 Å². The molecule has 2 aliphatic rings. The fourth-order valence-electron chi connectivity index (χ4n) is 4.10. The number of hydrogen-bond acceptors (Lipinski definition) is 5. The van der Waals surface area contributed by atoms with Gasteiger partial charge in [-0.05, 0) is 36.8 Å². The SMILES string of the molecule is COc1ccc(C2N(C(=O)N3CCOCC3)C(C)CN2S(=O)(=O)c2ccccc2)cc1. The molecule has 2 saturated heterocycles. The van der Waals surface area contributed by atoms with Crippen LogP contribution in [0.4, 0.5) is 4.79 Å². The molecule has 9 heteroatoms. The lowest BCUT2D eigenvalue weighted by atomic mass is 10.1. The number of urea groups is 1. The van der Waals surface area contributed by atoms with E-state index in [9.17, 15) is 13.2 Å². The number of benzene rings is 2. The van der Waals surface area contributed by atoms with Crippen molar-refractivity contribution in [2.75, 3.05) is 40.0 Å². The van der Waals surface area contributed by atoms with Gasteiger partial charge in [-0.2, -0.15) is 4.31 Å². The van der Waals surface area contributed by atoms with E-state index in [4.69, 9.17) is 9.47 Å². The molecule has 31 heavy (non-hydrogen) atoms. The molecule has 0 N–H and O–H groups in total. The molecule has 2 amide bonds. The number of sulfonamides is 1. The number of carbonyl (C=O) groups is 1. The Morgan fingerprint density at radius 1 is 1.03 bits per heavy atom. The van der Waals surface area contributed by atoms with Crippen molar-refractivity contribution in [1.29, 1.82) is 0 Å². The molecule has 0 radical (unpaired) electrons. The molecule has 0 aromatic heterocycles. The van der Waals surface area contributed by atoms with Crippen molar-refractivity contribution in [1.82, 2.24) is 14.1 Å². The number of carbonyl (C=O) groups excluding carboxylic acids is 1. The quantitative estimate of drug-likeness (QED) is 0.723. The second kappa shape index (κ2) is 8.86. The van der Waals surface area contributed by atoms with Gasteiger partial charge in [0.05, 0.1) is 25.2 Å². The van der Waals surface area contributed by atoms with E-state index in [1.807, 2.05) is 19.1 Å². The fraction of sp³-hybridized carbons (Fsp3) is 0.409. The Labute approximate surface area is 183 Å². The number of methoxy groups -OCH3 is 1. The largest absolute Gasteiger partial charge is 0.497 e. The third-order valence-electron chi connectivity index (χ3n) is 5.72. The van der Waals surface area contributed by atoms with E-state index < -0.39 is 16.2 Å². The lowest BCUT2D eigenvalue weighted by molar-refractivity contribution is 0.0369. The summed E-state index contributed by atoms with van der Waals surface area (Å²) in [4.78, 5) is 17.1. The Kier molecular flexibility index (Phi) is 6.17. The van der Waals surface area contributed by atoms with Crippen molar-refractivity contribution in [2.45, 2.75) is 24.0 Å². The Hall–Kier alpha value is -2.62. The molecule has 0 bridgehead atoms. The second-order valence-corrected chi connectivity index (χ2v) is 9.56. The summed E-state index contributed by atoms with van der Waals surface area (Å²) in [6, 6.07) is 15.1. The van der Waals surface area contributed by atoms with Gasteiger partial charge >= 0.3 is 6.03 Å². The van der Waals surface area contributed by atoms with E-state index in [1.165, 1.54) is 4.31 Å². The monoisotopic (exact) mass is 445 g/mol. The first-order valence-corrected chi connectivity index (χ1v) is 11.7. The van der Waals surface area contributed by atoms with Gasteiger partial charge in [-0.1, -0.05) is 30.3 Å². The van der Waals surface area contributed by atoms with Crippen LogP contribution in [0.3, 0.4) is 0 Å². The Morgan fingerprint density at radius 2 is 1.68 bits per heavy atom. The molecule has 2 aromatic rings. The highest BCUT2D eigenvalue weighted by Crippen LogP contribution is 2.39. The van der Waals surface area contributed by atoms with Crippen LogP contribution in [0.5, 0.6) is 5.75 Å². The molecule has 2 aromatic carbocycles. The van der Waals surface area contributed by atoms with Crippen LogP contribution in [0, 0.1) is 0 Å². The van der Waals surface area contributed by atoms with Crippen LogP contribution >= 0.6 is 0 Å². The summed E-state index contributed by atoms with van der Waals surface area (Å²) < 4.78 is 39.2. The fourth-order valence-corrected chi connectivity index (χ4v) is 5.77. The summed E-state index contributed by atoms with van der Waals surface area (Å²) in [7, 11) is -2.24. The molecule has 2 unspecified atom stereocenters. The number of hydrogen-bond donors (Lipinski definition) is 0. The molecule has 0 saturated carbocycles. The normalized spacial score (nSPS) is 22.5. The molecule has 2 aliphatic heterocycles. The highest BCUT2D eigenvalue weighted by Gasteiger charge is 2.48. The zero-order valence-electron chi connectivity index (χ0n) is 17.7. The van der Waals surface area contributed by atoms with E-state index in [2.05, 4.69) is 0 Å². The molecule has 0 spiro atoms. The Morgan fingerprint density at radius 3 is 2.29 bits per heavy atom. The summed E-state index contributed by atoms with van der Waals surface area (Å²) in [5.41, 5.74) is 0.714. The van der Waals surface area contributed by atoms with E-state index in [-0.39, 0.29) is 23.5 Å². The maximum Gasteiger partial charge on any atom is 0.322 e. The minimum atomic E-state index is -3.82. The first-order valence-electron chi connectivity index (χ1n) is 10.3. The van der Waals surface area contributed by atoms with Crippen LogP contribution in [-0.4, -0.2) is 74.6 Å². The first-order chi connectivity index (χ1) is 14.9. The first kappa shape index (κ1) is 21.6. The van der Waals surface area contributed by atoms with Gasteiger partial charge in [0.1, 0.15) is 11.9 Å². The van der Waals surface area contributed by atoms with Crippen LogP contribution < -0.4 is 4.74 Å². The number of morpholine rings is 1. The predicted molar refractivity (Wildman–Crippen MR) is 115 cm³/mol. The van der Waals surface area contributed by atoms with Crippen molar-refractivity contribution < 1.29 is 22.7 Å². The van der Waals surface area contributed by atoms with Gasteiger partial charge in [0, 0.05) is 25.7 Å². The Bertz CT molecular complexity index is 1010. The summed E-state index contributed by atoms with van der Waals surface area (Å²) in [6.45, 7) is 4.03. The number of rotatable bonds is 4. The van der Waals surface area contributed by atoms with E-state index in [0.29, 0.717) is 37.6 Å². The minimum absolute atomic E-state index is 0.178. The van der Waals surface area contributed by atoms with Crippen LogP contribution in [0.15, 0.2) is 59.5 Å². The molecule has 2 fully saturated rings. The van der Waals surface area contributed by atoms with Crippen LogP contribution in [0.2, 0.25) is 0 Å². The lowest BCUT2D eigenvalue weighted by Gasteiger charge is -2.37. The maximum absolute atomic E-state index is 13.6. The number of amides is 2. The molecular weight excluding hydrogens is 418 g/mol. The molecule has 2 atom stereocenters. The molecule has 2 heterocycles. The van der Waals surface area contributed by atoms with Crippen LogP contribution in [-0.2, 0) is 14.8 Å². The maximum atomic E-state index is 13.6. The van der Waals surface area contributed by atoms with Crippen molar-refractivity contribution in [3.8, 4) is 5.75 Å². The average molecular weight is 446 g/mol. The van der Waals surface area contributed by atoms with E-state index in [0.717, 1.165) is 0 Å². The van der Waals surface area contributed by atoms with Gasteiger partial charge in [0.15, 0.2) is 0 Å². The minimum Gasteiger partial charge on any atom is -0.497 e. The van der Waals surface area contributed by atoms with Gasteiger partial charge in [-0.3, -0.25) is 4.90 Å². The third-order valence-corrected chi connectivity index (χ3v) is 7.56. The van der Waals surface area contributed by atoms with Gasteiger partial charge in [-0.25, -0.2) is 13.2 Å². The molecule has 8 nitrogen and oxygen atoms in total. The van der Waals surface area contributed by atoms with Gasteiger partial charge in [-0.15, -0.1) is 0 Å².